The van der Waals surface area contributed by atoms with Crippen LogP contribution in [-0.4, -0.2) is 13.0 Å². The average molecular weight is 322 g/mol. The van der Waals surface area contributed by atoms with Gasteiger partial charge in [-0.15, -0.1) is 0 Å². The van der Waals surface area contributed by atoms with Gasteiger partial charge in [0.2, 0.25) is 5.91 Å². The van der Waals surface area contributed by atoms with Crippen LogP contribution in [0.15, 0.2) is 53.5 Å². The van der Waals surface area contributed by atoms with E-state index < -0.39 is 5.91 Å². The standard InChI is InChI=1S/C19H18N2O3/c1-11-16-10-15(23-3)8-9-17(16)24-18(11)12(2)21-14-6-4-13(5-7-14)19(20)22/h4-10,21H,2H2,1,3H3,(H2,20,22). The van der Waals surface area contributed by atoms with E-state index in [0.29, 0.717) is 17.0 Å². The zero-order valence-corrected chi connectivity index (χ0v) is 13.6. The lowest BCUT2D eigenvalue weighted by Crippen LogP contribution is -2.10. The van der Waals surface area contributed by atoms with E-state index in [9.17, 15) is 4.79 Å². The number of carbonyl (C=O) groups is 1. The van der Waals surface area contributed by atoms with Crippen molar-refractivity contribution in [1.82, 2.24) is 0 Å². The summed E-state index contributed by atoms with van der Waals surface area (Å²) in [5.74, 6) is 0.998. The summed E-state index contributed by atoms with van der Waals surface area (Å²) in [5, 5.41) is 4.17. The fraction of sp³-hybridized carbons (Fsp3) is 0.105. The van der Waals surface area contributed by atoms with Crippen molar-refractivity contribution in [3.63, 3.8) is 0 Å². The van der Waals surface area contributed by atoms with Crippen LogP contribution in [0.5, 0.6) is 5.75 Å². The Balaban J connectivity index is 1.88. The van der Waals surface area contributed by atoms with Crippen molar-refractivity contribution in [1.29, 1.82) is 0 Å². The number of hydrogen-bond acceptors (Lipinski definition) is 4. The van der Waals surface area contributed by atoms with E-state index in [4.69, 9.17) is 14.9 Å². The van der Waals surface area contributed by atoms with Gasteiger partial charge in [-0.3, -0.25) is 4.79 Å². The van der Waals surface area contributed by atoms with Crippen molar-refractivity contribution >= 4 is 28.3 Å². The number of furan rings is 1. The number of nitrogens with two attached hydrogens (primary N) is 1. The van der Waals surface area contributed by atoms with Gasteiger partial charge in [-0.1, -0.05) is 6.58 Å². The summed E-state index contributed by atoms with van der Waals surface area (Å²) in [7, 11) is 1.63. The smallest absolute Gasteiger partial charge is 0.248 e. The molecule has 0 aliphatic heterocycles. The van der Waals surface area contributed by atoms with Gasteiger partial charge in [0, 0.05) is 22.2 Å². The van der Waals surface area contributed by atoms with Crippen LogP contribution in [0.1, 0.15) is 21.7 Å². The number of fused-ring (bicyclic) bond motifs is 1. The van der Waals surface area contributed by atoms with Crippen LogP contribution in [0.25, 0.3) is 16.7 Å². The molecule has 0 bridgehead atoms. The van der Waals surface area contributed by atoms with E-state index in [1.54, 1.807) is 31.4 Å². The average Bonchev–Trinajstić information content (AvgIpc) is 2.91. The van der Waals surface area contributed by atoms with Crippen molar-refractivity contribution in [2.75, 3.05) is 12.4 Å². The molecule has 0 atom stereocenters. The van der Waals surface area contributed by atoms with Gasteiger partial charge in [0.25, 0.3) is 0 Å². The minimum Gasteiger partial charge on any atom is -0.497 e. The molecule has 122 valence electrons. The highest BCUT2D eigenvalue weighted by Gasteiger charge is 2.14. The molecule has 3 N–H and O–H groups in total. The molecule has 5 heteroatoms. The number of nitrogens with one attached hydrogen (secondary N) is 1. The summed E-state index contributed by atoms with van der Waals surface area (Å²) in [6.45, 7) is 6.02. The van der Waals surface area contributed by atoms with Crippen molar-refractivity contribution < 1.29 is 13.9 Å². The first kappa shape index (κ1) is 15.7. The molecule has 0 fully saturated rings. The van der Waals surface area contributed by atoms with Gasteiger partial charge < -0.3 is 20.2 Å². The summed E-state index contributed by atoms with van der Waals surface area (Å²) < 4.78 is 11.2. The normalized spacial score (nSPS) is 10.6. The maximum atomic E-state index is 11.1. The Morgan fingerprint density at radius 3 is 2.54 bits per heavy atom. The minimum absolute atomic E-state index is 0.456. The number of methoxy groups -OCH3 is 1. The van der Waals surface area contributed by atoms with E-state index in [0.717, 1.165) is 28.0 Å². The van der Waals surface area contributed by atoms with Gasteiger partial charge in [0.1, 0.15) is 11.3 Å². The summed E-state index contributed by atoms with van der Waals surface area (Å²) in [6, 6.07) is 12.5. The van der Waals surface area contributed by atoms with Gasteiger partial charge >= 0.3 is 0 Å². The molecule has 2 aromatic carbocycles. The topological polar surface area (TPSA) is 77.5 Å². The minimum atomic E-state index is -0.456. The second kappa shape index (κ2) is 6.12. The fourth-order valence-electron chi connectivity index (χ4n) is 2.56. The number of carbonyl (C=O) groups excluding carboxylic acids is 1. The molecule has 0 unspecified atom stereocenters. The van der Waals surface area contributed by atoms with Crippen LogP contribution in [0.4, 0.5) is 5.69 Å². The largest absolute Gasteiger partial charge is 0.497 e. The maximum absolute atomic E-state index is 11.1. The first-order valence-electron chi connectivity index (χ1n) is 7.43. The highest BCUT2D eigenvalue weighted by atomic mass is 16.5. The molecular weight excluding hydrogens is 304 g/mol. The summed E-state index contributed by atoms with van der Waals surface area (Å²) in [4.78, 5) is 11.1. The number of anilines is 1. The highest BCUT2D eigenvalue weighted by Crippen LogP contribution is 2.32. The Kier molecular flexibility index (Phi) is 4.00. The van der Waals surface area contributed by atoms with E-state index in [-0.39, 0.29) is 0 Å². The number of primary amides is 1. The number of rotatable bonds is 5. The summed E-state index contributed by atoms with van der Waals surface area (Å²) >= 11 is 0. The lowest BCUT2D eigenvalue weighted by molar-refractivity contribution is 0.100. The lowest BCUT2D eigenvalue weighted by atomic mass is 10.1. The second-order valence-corrected chi connectivity index (χ2v) is 5.46. The fourth-order valence-corrected chi connectivity index (χ4v) is 2.56. The monoisotopic (exact) mass is 322 g/mol. The predicted molar refractivity (Wildman–Crippen MR) is 95.1 cm³/mol. The number of aryl methyl sites for hydroxylation is 1. The zero-order chi connectivity index (χ0) is 17.3. The third kappa shape index (κ3) is 2.84. The van der Waals surface area contributed by atoms with E-state index in [2.05, 4.69) is 11.9 Å². The van der Waals surface area contributed by atoms with Crippen molar-refractivity contribution in [2.24, 2.45) is 5.73 Å². The molecule has 0 saturated heterocycles. The quantitative estimate of drug-likeness (QED) is 0.746. The lowest BCUT2D eigenvalue weighted by Gasteiger charge is -2.08. The Hall–Kier alpha value is -3.21. The molecule has 3 aromatic rings. The van der Waals surface area contributed by atoms with Crippen molar-refractivity contribution in [2.45, 2.75) is 6.92 Å². The summed E-state index contributed by atoms with van der Waals surface area (Å²) in [5.41, 5.74) is 8.88. The molecule has 24 heavy (non-hydrogen) atoms. The number of benzene rings is 2. The van der Waals surface area contributed by atoms with Gasteiger partial charge in [-0.25, -0.2) is 0 Å². The summed E-state index contributed by atoms with van der Waals surface area (Å²) in [6.07, 6.45) is 0. The zero-order valence-electron chi connectivity index (χ0n) is 13.6. The van der Waals surface area contributed by atoms with Crippen LogP contribution in [0, 0.1) is 6.92 Å². The van der Waals surface area contributed by atoms with Crippen LogP contribution in [0.2, 0.25) is 0 Å². The SMILES string of the molecule is C=C(Nc1ccc(C(N)=O)cc1)c1oc2ccc(OC)cc2c1C. The molecule has 3 rings (SSSR count). The third-order valence-electron chi connectivity index (χ3n) is 3.88. The molecule has 0 aliphatic rings. The second-order valence-electron chi connectivity index (χ2n) is 5.46. The molecule has 5 nitrogen and oxygen atoms in total. The van der Waals surface area contributed by atoms with E-state index in [1.165, 1.54) is 0 Å². The first-order valence-corrected chi connectivity index (χ1v) is 7.43. The Morgan fingerprint density at radius 1 is 1.21 bits per heavy atom. The Bertz CT molecular complexity index is 924. The van der Waals surface area contributed by atoms with Gasteiger partial charge in [-0.05, 0) is 49.4 Å². The molecular formula is C19H18N2O3. The predicted octanol–water partition coefficient (Wildman–Crippen LogP) is 3.93. The maximum Gasteiger partial charge on any atom is 0.248 e. The molecule has 0 radical (unpaired) electrons. The van der Waals surface area contributed by atoms with Gasteiger partial charge in [0.05, 0.1) is 12.8 Å². The number of amides is 1. The van der Waals surface area contributed by atoms with Crippen LogP contribution in [-0.2, 0) is 0 Å². The van der Waals surface area contributed by atoms with E-state index in [1.807, 2.05) is 25.1 Å². The van der Waals surface area contributed by atoms with Gasteiger partial charge in [0.15, 0.2) is 5.76 Å². The van der Waals surface area contributed by atoms with Crippen LogP contribution < -0.4 is 15.8 Å². The highest BCUT2D eigenvalue weighted by molar-refractivity contribution is 5.93. The Labute approximate surface area is 139 Å². The molecule has 1 heterocycles. The van der Waals surface area contributed by atoms with Crippen molar-refractivity contribution in [3.05, 3.63) is 65.9 Å². The molecule has 0 aliphatic carbocycles. The third-order valence-corrected chi connectivity index (χ3v) is 3.88. The number of hydrogen-bond donors (Lipinski definition) is 2. The van der Waals surface area contributed by atoms with Crippen LogP contribution in [0.3, 0.4) is 0 Å². The molecule has 1 aromatic heterocycles. The van der Waals surface area contributed by atoms with Crippen molar-refractivity contribution in [3.8, 4) is 5.75 Å². The Morgan fingerprint density at radius 2 is 1.92 bits per heavy atom. The number of ether oxygens (including phenoxy) is 1. The molecule has 0 saturated carbocycles. The molecule has 0 spiro atoms. The molecule has 1 amide bonds. The van der Waals surface area contributed by atoms with Gasteiger partial charge in [-0.2, -0.15) is 0 Å². The van der Waals surface area contributed by atoms with E-state index >= 15 is 0 Å². The first-order chi connectivity index (χ1) is 11.5. The van der Waals surface area contributed by atoms with Crippen LogP contribution >= 0.6 is 0 Å².